The molecule has 0 spiro atoms. The van der Waals surface area contributed by atoms with Crippen LogP contribution in [0.2, 0.25) is 0 Å². The zero-order valence-electron chi connectivity index (χ0n) is 19.0. The monoisotopic (exact) mass is 494 g/mol. The van der Waals surface area contributed by atoms with Crippen LogP contribution in [-0.2, 0) is 23.7 Å². The van der Waals surface area contributed by atoms with Crippen molar-refractivity contribution in [1.29, 1.82) is 0 Å². The second kappa shape index (κ2) is 9.96. The van der Waals surface area contributed by atoms with Crippen molar-refractivity contribution in [2.75, 3.05) is 6.61 Å². The van der Waals surface area contributed by atoms with Crippen molar-refractivity contribution >= 4 is 12.0 Å². The maximum absolute atomic E-state index is 12.6. The highest BCUT2D eigenvalue weighted by molar-refractivity contribution is 5.87. The van der Waals surface area contributed by atoms with Gasteiger partial charge < -0.3 is 49.6 Å². The molecule has 10 atom stereocenters. The van der Waals surface area contributed by atoms with Crippen LogP contribution in [0.3, 0.4) is 0 Å². The lowest BCUT2D eigenvalue weighted by Gasteiger charge is -2.45. The summed E-state index contributed by atoms with van der Waals surface area (Å²) in [6.07, 6.45) is -5.57. The summed E-state index contributed by atoms with van der Waals surface area (Å²) in [7, 11) is 0. The van der Waals surface area contributed by atoms with E-state index in [0.717, 1.165) is 11.8 Å². The van der Waals surface area contributed by atoms with Crippen LogP contribution in [0.5, 0.6) is 0 Å². The fourth-order valence-corrected chi connectivity index (χ4v) is 4.92. The summed E-state index contributed by atoms with van der Waals surface area (Å²) < 4.78 is 22.3. The van der Waals surface area contributed by atoms with Gasteiger partial charge in [-0.25, -0.2) is 4.79 Å². The number of rotatable bonds is 6. The van der Waals surface area contributed by atoms with E-state index in [1.54, 1.807) is 18.2 Å². The van der Waals surface area contributed by atoms with Crippen molar-refractivity contribution in [1.82, 2.24) is 0 Å². The third kappa shape index (κ3) is 4.86. The Morgan fingerprint density at radius 3 is 2.51 bits per heavy atom. The molecule has 1 aromatic carbocycles. The molecule has 4 rings (SSSR count). The number of carbonyl (C=O) groups is 1. The Kier molecular flexibility index (Phi) is 7.32. The summed E-state index contributed by atoms with van der Waals surface area (Å²) in [5.74, 6) is -1.90. The molecule has 1 saturated carbocycles. The average molecular weight is 494 g/mol. The van der Waals surface area contributed by atoms with Crippen molar-refractivity contribution in [3.63, 3.8) is 0 Å². The molecule has 0 aromatic heterocycles. The van der Waals surface area contributed by atoms with Gasteiger partial charge in [-0.3, -0.25) is 0 Å². The molecule has 0 amide bonds. The molecule has 192 valence electrons. The van der Waals surface area contributed by atoms with E-state index in [-0.39, 0.29) is 6.42 Å². The van der Waals surface area contributed by atoms with Gasteiger partial charge >= 0.3 is 5.97 Å². The van der Waals surface area contributed by atoms with Crippen LogP contribution in [0.4, 0.5) is 0 Å². The second-order valence-corrected chi connectivity index (χ2v) is 9.20. The van der Waals surface area contributed by atoms with Gasteiger partial charge in [-0.2, -0.15) is 0 Å². The normalized spacial score (nSPS) is 43.1. The standard InChI is InChI=1S/C24H30O11/c1-23(35-16(27)8-7-13-5-3-2-4-6-13)11-15(26)24(31)9-10-32-22(20(23)24)34-21-19(30)18(29)17(28)14(12-25)33-21/h2-10,14-15,17-22,25-26,28-31H,11-12H2,1H3/b8-7+/t14?,15?,17?,18?,19?,20-,21+,22?,23+,24-/m1/s1. The van der Waals surface area contributed by atoms with Crippen molar-refractivity contribution in [2.45, 2.75) is 67.6 Å². The Balaban J connectivity index is 1.55. The third-order valence-corrected chi connectivity index (χ3v) is 6.77. The predicted molar refractivity (Wildman–Crippen MR) is 118 cm³/mol. The van der Waals surface area contributed by atoms with Crippen molar-refractivity contribution in [3.8, 4) is 0 Å². The molecule has 1 saturated heterocycles. The molecule has 6 unspecified atom stereocenters. The minimum absolute atomic E-state index is 0.151. The molecule has 11 nitrogen and oxygen atoms in total. The minimum atomic E-state index is -1.91. The van der Waals surface area contributed by atoms with Gasteiger partial charge in [-0.1, -0.05) is 30.3 Å². The third-order valence-electron chi connectivity index (χ3n) is 6.77. The van der Waals surface area contributed by atoms with Crippen LogP contribution in [0, 0.1) is 5.92 Å². The van der Waals surface area contributed by atoms with E-state index in [9.17, 15) is 35.4 Å². The summed E-state index contributed by atoms with van der Waals surface area (Å²) in [6, 6.07) is 9.06. The number of esters is 1. The first-order valence-corrected chi connectivity index (χ1v) is 11.2. The number of aliphatic hydroxyl groups is 6. The highest BCUT2D eigenvalue weighted by Gasteiger charge is 2.66. The first-order valence-electron chi connectivity index (χ1n) is 11.2. The number of aliphatic hydroxyl groups excluding tert-OH is 5. The second-order valence-electron chi connectivity index (χ2n) is 9.20. The van der Waals surface area contributed by atoms with Gasteiger partial charge in [0.1, 0.15) is 35.6 Å². The van der Waals surface area contributed by atoms with E-state index in [1.807, 2.05) is 18.2 Å². The van der Waals surface area contributed by atoms with Crippen LogP contribution in [0.15, 0.2) is 48.7 Å². The van der Waals surface area contributed by atoms with Gasteiger partial charge in [0.15, 0.2) is 6.29 Å². The Hall–Kier alpha value is -2.35. The maximum atomic E-state index is 12.6. The lowest BCUT2D eigenvalue weighted by atomic mass is 9.81. The first kappa shape index (κ1) is 25.7. The van der Waals surface area contributed by atoms with Crippen LogP contribution in [-0.4, -0.2) is 97.5 Å². The number of hydrogen-bond donors (Lipinski definition) is 6. The Morgan fingerprint density at radius 2 is 1.83 bits per heavy atom. The summed E-state index contributed by atoms with van der Waals surface area (Å²) in [6.45, 7) is 0.852. The summed E-state index contributed by atoms with van der Waals surface area (Å²) in [5, 5.41) is 61.7. The number of benzene rings is 1. The Morgan fingerprint density at radius 1 is 1.11 bits per heavy atom. The molecule has 0 radical (unpaired) electrons. The van der Waals surface area contributed by atoms with Gasteiger partial charge in [0.25, 0.3) is 0 Å². The molecule has 11 heteroatoms. The highest BCUT2D eigenvalue weighted by Crippen LogP contribution is 2.51. The van der Waals surface area contributed by atoms with E-state index < -0.39 is 72.8 Å². The van der Waals surface area contributed by atoms with Crippen LogP contribution >= 0.6 is 0 Å². The van der Waals surface area contributed by atoms with Gasteiger partial charge in [0.05, 0.1) is 24.9 Å². The molecular formula is C24H30O11. The van der Waals surface area contributed by atoms with Gasteiger partial charge in [0, 0.05) is 12.5 Å². The van der Waals surface area contributed by atoms with Gasteiger partial charge in [-0.15, -0.1) is 0 Å². The molecule has 1 aromatic rings. The summed E-state index contributed by atoms with van der Waals surface area (Å²) in [5.41, 5.74) is -2.62. The fraction of sp³-hybridized carbons (Fsp3) is 0.542. The SMILES string of the molecule is C[C@]1(OC(=O)/C=C/c2ccccc2)CC(O)[C@]2(O)C=COC(O[C@@H]3OC(CO)C(O)C(O)C3O)[C@@H]21. The topological polar surface area (TPSA) is 175 Å². The van der Waals surface area contributed by atoms with Gasteiger partial charge in [-0.05, 0) is 24.6 Å². The molecule has 2 aliphatic heterocycles. The quantitative estimate of drug-likeness (QED) is 0.207. The lowest BCUT2D eigenvalue weighted by Crippen LogP contribution is -2.62. The van der Waals surface area contributed by atoms with Crippen LogP contribution in [0.25, 0.3) is 6.08 Å². The maximum Gasteiger partial charge on any atom is 0.331 e. The van der Waals surface area contributed by atoms with E-state index >= 15 is 0 Å². The number of ether oxygens (including phenoxy) is 4. The predicted octanol–water partition coefficient (Wildman–Crippen LogP) is -1.20. The minimum Gasteiger partial charge on any atom is -0.472 e. The van der Waals surface area contributed by atoms with E-state index in [2.05, 4.69) is 0 Å². The Bertz CT molecular complexity index is 950. The van der Waals surface area contributed by atoms with Crippen molar-refractivity contribution in [3.05, 3.63) is 54.3 Å². The fourth-order valence-electron chi connectivity index (χ4n) is 4.92. The molecular weight excluding hydrogens is 464 g/mol. The molecule has 2 fully saturated rings. The number of hydrogen-bond acceptors (Lipinski definition) is 11. The summed E-state index contributed by atoms with van der Waals surface area (Å²) in [4.78, 5) is 12.6. The van der Waals surface area contributed by atoms with E-state index in [0.29, 0.717) is 0 Å². The Labute approximate surface area is 201 Å². The van der Waals surface area contributed by atoms with Crippen molar-refractivity contribution < 1.29 is 54.4 Å². The lowest BCUT2D eigenvalue weighted by molar-refractivity contribution is -0.351. The van der Waals surface area contributed by atoms with Gasteiger partial charge in [0.2, 0.25) is 6.29 Å². The number of fused-ring (bicyclic) bond motifs is 1. The zero-order chi connectivity index (χ0) is 25.4. The first-order chi connectivity index (χ1) is 16.6. The zero-order valence-corrected chi connectivity index (χ0v) is 19.0. The van der Waals surface area contributed by atoms with E-state index in [4.69, 9.17) is 18.9 Å². The summed E-state index contributed by atoms with van der Waals surface area (Å²) >= 11 is 0. The molecule has 3 aliphatic rings. The van der Waals surface area contributed by atoms with Crippen molar-refractivity contribution in [2.24, 2.45) is 5.92 Å². The average Bonchev–Trinajstić information content (AvgIpc) is 3.03. The molecule has 6 N–H and O–H groups in total. The molecule has 35 heavy (non-hydrogen) atoms. The largest absolute Gasteiger partial charge is 0.472 e. The number of carbonyl (C=O) groups excluding carboxylic acids is 1. The van der Waals surface area contributed by atoms with E-state index in [1.165, 1.54) is 19.1 Å². The molecule has 0 bridgehead atoms. The van der Waals surface area contributed by atoms with Crippen LogP contribution in [0.1, 0.15) is 18.9 Å². The highest BCUT2D eigenvalue weighted by atomic mass is 16.8. The smallest absolute Gasteiger partial charge is 0.331 e. The van der Waals surface area contributed by atoms with Crippen LogP contribution < -0.4 is 0 Å². The molecule has 1 aliphatic carbocycles. The molecule has 2 heterocycles.